The Morgan fingerprint density at radius 3 is 2.77 bits per heavy atom. The molecule has 11 heteroatoms. The summed E-state index contributed by atoms with van der Waals surface area (Å²) in [6.07, 6.45) is 1.84. The summed E-state index contributed by atoms with van der Waals surface area (Å²) >= 11 is 5.83. The van der Waals surface area contributed by atoms with Gasteiger partial charge in [-0.3, -0.25) is 4.79 Å². The predicted octanol–water partition coefficient (Wildman–Crippen LogP) is 5.80. The second-order valence-electron chi connectivity index (χ2n) is 9.38. The van der Waals surface area contributed by atoms with E-state index in [0.717, 1.165) is 22.1 Å². The molecule has 1 aromatic heterocycles. The summed E-state index contributed by atoms with van der Waals surface area (Å²) in [7, 11) is 0. The summed E-state index contributed by atoms with van der Waals surface area (Å²) in [6.45, 7) is 0.378. The number of furan rings is 1. The zero-order valence-electron chi connectivity index (χ0n) is 21.3. The first kappa shape index (κ1) is 27.0. The molecule has 2 heterocycles. The molecule has 206 valence electrons. The predicted molar refractivity (Wildman–Crippen MR) is 148 cm³/mol. The highest BCUT2D eigenvalue weighted by molar-refractivity contribution is 6.30. The van der Waals surface area contributed by atoms with Crippen LogP contribution in [-0.4, -0.2) is 35.5 Å². The van der Waals surface area contributed by atoms with Crippen molar-refractivity contribution < 1.29 is 27.9 Å². The zero-order chi connectivity index (χ0) is 28.2. The van der Waals surface area contributed by atoms with Crippen LogP contribution in [0.3, 0.4) is 0 Å². The minimum atomic E-state index is -0.867. The number of likely N-dealkylation sites (tertiary alicyclic amines) is 1. The molecule has 1 aliphatic heterocycles. The fourth-order valence-corrected chi connectivity index (χ4v) is 5.01. The summed E-state index contributed by atoms with van der Waals surface area (Å²) in [5.41, 5.74) is 8.72. The topological polar surface area (TPSA) is 127 Å². The van der Waals surface area contributed by atoms with Gasteiger partial charge in [0.25, 0.3) is 0 Å². The Labute approximate surface area is 234 Å². The van der Waals surface area contributed by atoms with Gasteiger partial charge in [0, 0.05) is 35.3 Å². The van der Waals surface area contributed by atoms with E-state index in [4.69, 9.17) is 26.5 Å². The first-order valence-corrected chi connectivity index (χ1v) is 13.0. The average Bonchev–Trinajstić information content (AvgIpc) is 3.62. The van der Waals surface area contributed by atoms with Crippen molar-refractivity contribution in [1.82, 2.24) is 10.2 Å². The molecule has 40 heavy (non-hydrogen) atoms. The third kappa shape index (κ3) is 5.86. The molecule has 1 unspecified atom stereocenters. The second-order valence-corrected chi connectivity index (χ2v) is 9.79. The lowest BCUT2D eigenvalue weighted by Gasteiger charge is -2.24. The SMILES string of the molecule is NC(=O)OCc1cccc(-c2cc(NC(=O)N3CCCC3C(=O)NCc3cccc(Cl)c3F)cc3ccoc23)c1. The lowest BCUT2D eigenvalue weighted by molar-refractivity contribution is -0.124. The molecular weight excluding hydrogens is 539 g/mol. The molecule has 1 aliphatic rings. The van der Waals surface area contributed by atoms with Crippen molar-refractivity contribution in [3.8, 4) is 11.1 Å². The van der Waals surface area contributed by atoms with Crippen LogP contribution in [0.4, 0.5) is 19.7 Å². The standard InChI is InChI=1S/C29H26ClFN4O5/c30-23-7-2-6-20(25(23)31)15-33-27(36)24-8-3-10-35(24)29(38)34-21-13-19-9-11-39-26(19)22(14-21)18-5-1-4-17(12-18)16-40-28(32)37/h1-2,4-7,9,11-14,24H,3,8,10,15-16H2,(H2,32,37)(H,33,36)(H,34,38). The van der Waals surface area contributed by atoms with Gasteiger partial charge in [-0.05, 0) is 54.3 Å². The van der Waals surface area contributed by atoms with Gasteiger partial charge in [0.05, 0.1) is 11.3 Å². The van der Waals surface area contributed by atoms with Crippen LogP contribution in [0.1, 0.15) is 24.0 Å². The highest BCUT2D eigenvalue weighted by Gasteiger charge is 2.34. The largest absolute Gasteiger partial charge is 0.464 e. The maximum Gasteiger partial charge on any atom is 0.404 e. The number of amides is 4. The number of nitrogens with two attached hydrogens (primary N) is 1. The van der Waals surface area contributed by atoms with E-state index in [9.17, 15) is 18.8 Å². The Hall–Kier alpha value is -4.57. The Balaban J connectivity index is 1.32. The lowest BCUT2D eigenvalue weighted by atomic mass is 10.0. The van der Waals surface area contributed by atoms with Gasteiger partial charge in [0.2, 0.25) is 5.91 Å². The third-order valence-corrected chi connectivity index (χ3v) is 7.01. The number of carbonyl (C=O) groups excluding carboxylic acids is 3. The number of benzene rings is 3. The average molecular weight is 565 g/mol. The molecule has 1 atom stereocenters. The number of primary amides is 1. The van der Waals surface area contributed by atoms with Crippen molar-refractivity contribution >= 4 is 46.3 Å². The minimum absolute atomic E-state index is 0.0171. The first-order valence-electron chi connectivity index (χ1n) is 12.6. The number of hydrogen-bond acceptors (Lipinski definition) is 5. The van der Waals surface area contributed by atoms with Crippen LogP contribution in [0.2, 0.25) is 5.02 Å². The number of ether oxygens (including phenoxy) is 1. The number of urea groups is 1. The molecule has 9 nitrogen and oxygen atoms in total. The number of halogens is 2. The zero-order valence-corrected chi connectivity index (χ0v) is 22.0. The molecule has 5 rings (SSSR count). The Morgan fingerprint density at radius 2 is 1.95 bits per heavy atom. The summed E-state index contributed by atoms with van der Waals surface area (Å²) in [4.78, 5) is 38.7. The van der Waals surface area contributed by atoms with Crippen molar-refractivity contribution in [3.63, 3.8) is 0 Å². The summed E-state index contributed by atoms with van der Waals surface area (Å²) in [5.74, 6) is -0.949. The van der Waals surface area contributed by atoms with Gasteiger partial charge in [-0.1, -0.05) is 41.9 Å². The van der Waals surface area contributed by atoms with Crippen LogP contribution < -0.4 is 16.4 Å². The van der Waals surface area contributed by atoms with Crippen molar-refractivity contribution in [2.24, 2.45) is 5.73 Å². The van der Waals surface area contributed by atoms with Crippen molar-refractivity contribution in [3.05, 3.63) is 88.9 Å². The molecule has 0 saturated carbocycles. The monoisotopic (exact) mass is 564 g/mol. The number of hydrogen-bond donors (Lipinski definition) is 3. The van der Waals surface area contributed by atoms with Crippen LogP contribution in [0.15, 0.2) is 71.3 Å². The molecule has 0 spiro atoms. The van der Waals surface area contributed by atoms with Gasteiger partial charge < -0.3 is 30.4 Å². The highest BCUT2D eigenvalue weighted by Crippen LogP contribution is 2.34. The Kier molecular flexibility index (Phi) is 7.88. The Morgan fingerprint density at radius 1 is 1.12 bits per heavy atom. The maximum atomic E-state index is 14.2. The number of nitrogens with one attached hydrogen (secondary N) is 2. The van der Waals surface area contributed by atoms with E-state index >= 15 is 0 Å². The van der Waals surface area contributed by atoms with E-state index in [1.807, 2.05) is 18.2 Å². The van der Waals surface area contributed by atoms with Crippen LogP contribution >= 0.6 is 11.6 Å². The number of anilines is 1. The molecule has 0 aliphatic carbocycles. The van der Waals surface area contributed by atoms with Crippen LogP contribution in [0.5, 0.6) is 0 Å². The van der Waals surface area contributed by atoms with E-state index in [2.05, 4.69) is 10.6 Å². The van der Waals surface area contributed by atoms with Crippen molar-refractivity contribution in [1.29, 1.82) is 0 Å². The first-order chi connectivity index (χ1) is 19.3. The smallest absolute Gasteiger partial charge is 0.404 e. The number of carbonyl (C=O) groups is 3. The molecule has 3 aromatic carbocycles. The summed E-state index contributed by atoms with van der Waals surface area (Å²) < 4.78 is 24.8. The van der Waals surface area contributed by atoms with E-state index in [1.54, 1.807) is 42.7 Å². The minimum Gasteiger partial charge on any atom is -0.464 e. The van der Waals surface area contributed by atoms with Crippen LogP contribution in [0, 0.1) is 5.82 Å². The highest BCUT2D eigenvalue weighted by atomic mass is 35.5. The van der Waals surface area contributed by atoms with Crippen molar-refractivity contribution in [2.75, 3.05) is 11.9 Å². The molecule has 1 fully saturated rings. The number of rotatable bonds is 7. The van der Waals surface area contributed by atoms with E-state index < -0.39 is 24.0 Å². The number of fused-ring (bicyclic) bond motifs is 1. The van der Waals surface area contributed by atoms with E-state index in [-0.39, 0.29) is 29.6 Å². The van der Waals surface area contributed by atoms with Crippen LogP contribution in [-0.2, 0) is 22.7 Å². The lowest BCUT2D eigenvalue weighted by Crippen LogP contribution is -2.47. The molecule has 1 saturated heterocycles. The van der Waals surface area contributed by atoms with Crippen molar-refractivity contribution in [2.45, 2.75) is 32.0 Å². The van der Waals surface area contributed by atoms with Gasteiger partial charge in [-0.25, -0.2) is 14.0 Å². The summed E-state index contributed by atoms with van der Waals surface area (Å²) in [5, 5.41) is 6.38. The van der Waals surface area contributed by atoms with Gasteiger partial charge in [0.15, 0.2) is 0 Å². The Bertz CT molecular complexity index is 1590. The van der Waals surface area contributed by atoms with E-state index in [0.29, 0.717) is 30.7 Å². The normalized spacial score (nSPS) is 14.8. The molecule has 0 radical (unpaired) electrons. The second kappa shape index (κ2) is 11.7. The van der Waals surface area contributed by atoms with Gasteiger partial charge in [-0.15, -0.1) is 0 Å². The molecule has 0 bridgehead atoms. The van der Waals surface area contributed by atoms with Crippen LogP contribution in [0.25, 0.3) is 22.1 Å². The maximum absolute atomic E-state index is 14.2. The molecule has 4 N–H and O–H groups in total. The fourth-order valence-electron chi connectivity index (χ4n) is 4.81. The number of nitrogens with zero attached hydrogens (tertiary/aromatic N) is 1. The van der Waals surface area contributed by atoms with Gasteiger partial charge in [-0.2, -0.15) is 0 Å². The fraction of sp³-hybridized carbons (Fsp3) is 0.207. The molecule has 4 aromatic rings. The molecular formula is C29H26ClFN4O5. The molecule has 4 amide bonds. The third-order valence-electron chi connectivity index (χ3n) is 6.72. The summed E-state index contributed by atoms with van der Waals surface area (Å²) in [6, 6.07) is 16.2. The van der Waals surface area contributed by atoms with Gasteiger partial charge in [0.1, 0.15) is 24.0 Å². The van der Waals surface area contributed by atoms with E-state index in [1.165, 1.54) is 11.0 Å². The van der Waals surface area contributed by atoms with Gasteiger partial charge >= 0.3 is 12.1 Å². The quantitative estimate of drug-likeness (QED) is 0.261.